The number of aromatic nitrogens is 2. The van der Waals surface area contributed by atoms with Crippen molar-refractivity contribution in [3.63, 3.8) is 0 Å². The molecule has 1 amide bonds. The van der Waals surface area contributed by atoms with E-state index in [1.54, 1.807) is 40.5 Å². The topological polar surface area (TPSA) is 55.2 Å². The molecule has 2 aromatic heterocycles. The van der Waals surface area contributed by atoms with Crippen molar-refractivity contribution < 1.29 is 9.59 Å². The Balaban J connectivity index is 1.70. The number of carbonyl (C=O) groups is 2. The lowest BCUT2D eigenvalue weighted by atomic mass is 10.0. The minimum atomic E-state index is -0.0427. The average Bonchev–Trinajstić information content (AvgIpc) is 3.19. The van der Waals surface area contributed by atoms with Crippen LogP contribution in [-0.4, -0.2) is 39.0 Å². The Bertz CT molecular complexity index is 709. The summed E-state index contributed by atoms with van der Waals surface area (Å²) in [5.74, 6) is -0.00853. The van der Waals surface area contributed by atoms with Gasteiger partial charge in [-0.15, -0.1) is 11.3 Å². The predicted molar refractivity (Wildman–Crippen MR) is 85.5 cm³/mol. The molecule has 0 N–H and O–H groups in total. The van der Waals surface area contributed by atoms with Gasteiger partial charge in [-0.2, -0.15) is 5.10 Å². The average molecular weight is 338 g/mol. The first-order valence-electron chi connectivity index (χ1n) is 7.11. The fourth-order valence-corrected chi connectivity index (χ4v) is 3.66. The lowest BCUT2D eigenvalue weighted by Crippen LogP contribution is -2.36. The molecule has 1 aliphatic heterocycles. The summed E-state index contributed by atoms with van der Waals surface area (Å²) in [4.78, 5) is 26.6. The minimum Gasteiger partial charge on any atom is -0.335 e. The summed E-state index contributed by atoms with van der Waals surface area (Å²) >= 11 is 7.24. The van der Waals surface area contributed by atoms with Crippen LogP contribution < -0.4 is 0 Å². The van der Waals surface area contributed by atoms with Gasteiger partial charge in [-0.1, -0.05) is 11.6 Å². The summed E-state index contributed by atoms with van der Waals surface area (Å²) in [5.41, 5.74) is 1.20. The third-order valence-electron chi connectivity index (χ3n) is 3.90. The van der Waals surface area contributed by atoms with Gasteiger partial charge in [-0.05, 0) is 18.9 Å². The molecule has 116 valence electrons. The van der Waals surface area contributed by atoms with E-state index in [-0.39, 0.29) is 17.7 Å². The molecule has 3 heterocycles. The van der Waals surface area contributed by atoms with E-state index in [4.69, 9.17) is 11.6 Å². The van der Waals surface area contributed by atoms with Crippen molar-refractivity contribution in [2.45, 2.75) is 25.3 Å². The molecule has 0 bridgehead atoms. The highest BCUT2D eigenvalue weighted by Crippen LogP contribution is 2.27. The molecular weight excluding hydrogens is 322 g/mol. The van der Waals surface area contributed by atoms with Crippen LogP contribution in [0.1, 0.15) is 40.0 Å². The van der Waals surface area contributed by atoms with Crippen molar-refractivity contribution >= 4 is 34.6 Å². The molecule has 0 radical (unpaired) electrons. The zero-order valence-corrected chi connectivity index (χ0v) is 13.7. The van der Waals surface area contributed by atoms with Crippen LogP contribution >= 0.6 is 22.9 Å². The molecular formula is C15H16ClN3O2S. The Morgan fingerprint density at radius 1 is 1.45 bits per heavy atom. The van der Waals surface area contributed by atoms with Crippen LogP contribution in [0.5, 0.6) is 0 Å². The highest BCUT2D eigenvalue weighted by Gasteiger charge is 2.31. The van der Waals surface area contributed by atoms with Crippen LogP contribution in [0.25, 0.3) is 0 Å². The third-order valence-corrected chi connectivity index (χ3v) is 4.99. The summed E-state index contributed by atoms with van der Waals surface area (Å²) < 4.78 is 2.21. The number of halogens is 1. The molecule has 3 rings (SSSR count). The highest BCUT2D eigenvalue weighted by molar-refractivity contribution is 7.14. The van der Waals surface area contributed by atoms with Gasteiger partial charge in [0.2, 0.25) is 0 Å². The van der Waals surface area contributed by atoms with E-state index in [1.165, 1.54) is 11.3 Å². The monoisotopic (exact) mass is 337 g/mol. The molecule has 1 fully saturated rings. The fraction of sp³-hybridized carbons (Fsp3) is 0.400. The lowest BCUT2D eigenvalue weighted by Gasteiger charge is -2.23. The normalized spacial score (nSPS) is 17.9. The Kier molecular flexibility index (Phi) is 4.31. The maximum Gasteiger partial charge on any atom is 0.255 e. The predicted octanol–water partition coefficient (Wildman–Crippen LogP) is 3.01. The molecule has 22 heavy (non-hydrogen) atoms. The smallest absolute Gasteiger partial charge is 0.255 e. The van der Waals surface area contributed by atoms with Crippen LogP contribution in [0.3, 0.4) is 0 Å². The molecule has 0 spiro atoms. The van der Waals surface area contributed by atoms with Gasteiger partial charge in [0, 0.05) is 37.6 Å². The SMILES string of the molecule is Cn1cc(C(=O)CC2CCCN2C(=O)c2csc(Cl)c2)cn1. The highest BCUT2D eigenvalue weighted by atomic mass is 35.5. The zero-order chi connectivity index (χ0) is 15.7. The molecule has 7 heteroatoms. The van der Waals surface area contributed by atoms with Gasteiger partial charge < -0.3 is 4.90 Å². The van der Waals surface area contributed by atoms with Crippen molar-refractivity contribution in [3.8, 4) is 0 Å². The summed E-state index contributed by atoms with van der Waals surface area (Å²) in [5, 5.41) is 5.79. The number of aryl methyl sites for hydroxylation is 1. The molecule has 1 atom stereocenters. The molecule has 2 aromatic rings. The number of likely N-dealkylation sites (tertiary alicyclic amines) is 1. The van der Waals surface area contributed by atoms with Crippen LogP contribution in [0.2, 0.25) is 4.34 Å². The summed E-state index contributed by atoms with van der Waals surface area (Å²) in [6.07, 6.45) is 5.41. The Morgan fingerprint density at radius 2 is 2.27 bits per heavy atom. The Hall–Kier alpha value is -1.66. The summed E-state index contributed by atoms with van der Waals surface area (Å²) in [6, 6.07) is 1.64. The van der Waals surface area contributed by atoms with Crippen molar-refractivity contribution in [2.75, 3.05) is 6.54 Å². The zero-order valence-electron chi connectivity index (χ0n) is 12.2. The first kappa shape index (κ1) is 15.2. The molecule has 1 saturated heterocycles. The summed E-state index contributed by atoms with van der Waals surface area (Å²) in [7, 11) is 1.78. The second-order valence-electron chi connectivity index (χ2n) is 5.46. The first-order chi connectivity index (χ1) is 10.5. The third kappa shape index (κ3) is 3.08. The van der Waals surface area contributed by atoms with Crippen LogP contribution in [-0.2, 0) is 7.05 Å². The van der Waals surface area contributed by atoms with E-state index >= 15 is 0 Å². The number of carbonyl (C=O) groups excluding carboxylic acids is 2. The Morgan fingerprint density at radius 3 is 2.91 bits per heavy atom. The number of nitrogens with zero attached hydrogens (tertiary/aromatic N) is 3. The van der Waals surface area contributed by atoms with Crippen molar-refractivity contribution in [2.24, 2.45) is 7.05 Å². The number of Topliss-reactive ketones (excluding diaryl/α,β-unsaturated/α-hetero) is 1. The lowest BCUT2D eigenvalue weighted by molar-refractivity contribution is 0.0717. The maximum atomic E-state index is 12.5. The molecule has 1 unspecified atom stereocenters. The molecule has 0 saturated carbocycles. The molecule has 0 aliphatic carbocycles. The summed E-state index contributed by atoms with van der Waals surface area (Å²) in [6.45, 7) is 0.692. The van der Waals surface area contributed by atoms with Gasteiger partial charge in [-0.3, -0.25) is 14.3 Å². The number of hydrogen-bond donors (Lipinski definition) is 0. The van der Waals surface area contributed by atoms with Gasteiger partial charge in [0.15, 0.2) is 5.78 Å². The Labute approximate surface area is 137 Å². The van der Waals surface area contributed by atoms with Gasteiger partial charge >= 0.3 is 0 Å². The van der Waals surface area contributed by atoms with Crippen molar-refractivity contribution in [1.82, 2.24) is 14.7 Å². The standard InChI is InChI=1S/C15H16ClN3O2S/c1-18-8-11(7-17-18)13(20)6-12-3-2-4-19(12)15(21)10-5-14(16)22-9-10/h5,7-9,12H,2-4,6H2,1H3. The van der Waals surface area contributed by atoms with Gasteiger partial charge in [0.05, 0.1) is 21.7 Å². The molecule has 0 aromatic carbocycles. The number of thiophene rings is 1. The number of amides is 1. The van der Waals surface area contributed by atoms with Crippen LogP contribution in [0.4, 0.5) is 0 Å². The van der Waals surface area contributed by atoms with Crippen molar-refractivity contribution in [1.29, 1.82) is 0 Å². The van der Waals surface area contributed by atoms with Gasteiger partial charge in [0.1, 0.15) is 0 Å². The van der Waals surface area contributed by atoms with Crippen LogP contribution in [0, 0.1) is 0 Å². The minimum absolute atomic E-state index is 0.0288. The van der Waals surface area contributed by atoms with Gasteiger partial charge in [-0.25, -0.2) is 0 Å². The number of hydrogen-bond acceptors (Lipinski definition) is 4. The van der Waals surface area contributed by atoms with E-state index in [2.05, 4.69) is 5.10 Å². The van der Waals surface area contributed by atoms with Crippen LogP contribution in [0.15, 0.2) is 23.8 Å². The van der Waals surface area contributed by atoms with Crippen molar-refractivity contribution in [3.05, 3.63) is 39.3 Å². The van der Waals surface area contributed by atoms with E-state index in [1.807, 2.05) is 0 Å². The number of ketones is 1. The van der Waals surface area contributed by atoms with Gasteiger partial charge in [0.25, 0.3) is 5.91 Å². The van der Waals surface area contributed by atoms with E-state index < -0.39 is 0 Å². The molecule has 5 nitrogen and oxygen atoms in total. The second-order valence-corrected chi connectivity index (χ2v) is 7.01. The van der Waals surface area contributed by atoms with E-state index in [9.17, 15) is 9.59 Å². The maximum absolute atomic E-state index is 12.5. The van der Waals surface area contributed by atoms with E-state index in [0.717, 1.165) is 12.8 Å². The quantitative estimate of drug-likeness (QED) is 0.806. The first-order valence-corrected chi connectivity index (χ1v) is 8.37. The fourth-order valence-electron chi connectivity index (χ4n) is 2.80. The largest absolute Gasteiger partial charge is 0.335 e. The second kappa shape index (κ2) is 6.22. The number of rotatable bonds is 4. The van der Waals surface area contributed by atoms with E-state index in [0.29, 0.717) is 28.4 Å². The molecule has 1 aliphatic rings.